The van der Waals surface area contributed by atoms with Crippen LogP contribution in [0.3, 0.4) is 0 Å². The summed E-state index contributed by atoms with van der Waals surface area (Å²) in [6.07, 6.45) is 6.49. The Morgan fingerprint density at radius 1 is 1.06 bits per heavy atom. The molecule has 1 aliphatic heterocycles. The van der Waals surface area contributed by atoms with Crippen molar-refractivity contribution in [2.45, 2.75) is 25.8 Å². The van der Waals surface area contributed by atoms with Gasteiger partial charge in [-0.2, -0.15) is 0 Å². The van der Waals surface area contributed by atoms with Crippen LogP contribution in [-0.2, 0) is 0 Å². The average molecular weight is 464 g/mol. The van der Waals surface area contributed by atoms with E-state index in [1.54, 1.807) is 35.4 Å². The highest BCUT2D eigenvalue weighted by Gasteiger charge is 2.26. The van der Waals surface area contributed by atoms with E-state index in [2.05, 4.69) is 19.5 Å². The molecule has 33 heavy (non-hydrogen) atoms. The fraction of sp³-hybridized carbons (Fsp3) is 0.250. The van der Waals surface area contributed by atoms with Gasteiger partial charge < -0.3 is 18.9 Å². The second-order valence-corrected chi connectivity index (χ2v) is 8.30. The molecule has 1 aliphatic rings. The van der Waals surface area contributed by atoms with Crippen LogP contribution >= 0.6 is 11.6 Å². The summed E-state index contributed by atoms with van der Waals surface area (Å²) in [7, 11) is 0. The van der Waals surface area contributed by atoms with Crippen molar-refractivity contribution >= 4 is 28.7 Å². The number of nitrogens with zero attached hydrogens (tertiary/aromatic N) is 5. The van der Waals surface area contributed by atoms with Gasteiger partial charge in [-0.3, -0.25) is 4.98 Å². The maximum absolute atomic E-state index is 12.5. The number of aromatic nitrogens is 4. The summed E-state index contributed by atoms with van der Waals surface area (Å²) in [5.74, 6) is 1.65. The van der Waals surface area contributed by atoms with Crippen molar-refractivity contribution in [3.63, 3.8) is 0 Å². The number of amides is 1. The topological polar surface area (TPSA) is 82.4 Å². The number of aryl methyl sites for hydroxylation is 1. The molecule has 3 aromatic heterocycles. The fourth-order valence-electron chi connectivity index (χ4n) is 4.00. The maximum atomic E-state index is 12.5. The largest absolute Gasteiger partial charge is 0.436 e. The molecule has 1 saturated heterocycles. The third-order valence-electron chi connectivity index (χ3n) is 5.77. The number of fused-ring (bicyclic) bond motifs is 1. The first-order chi connectivity index (χ1) is 16.1. The van der Waals surface area contributed by atoms with E-state index in [9.17, 15) is 4.79 Å². The van der Waals surface area contributed by atoms with Gasteiger partial charge in [-0.1, -0.05) is 11.6 Å². The summed E-state index contributed by atoms with van der Waals surface area (Å²) in [6.45, 7) is 3.09. The third kappa shape index (κ3) is 4.47. The summed E-state index contributed by atoms with van der Waals surface area (Å²) in [5, 5.41) is 1.44. The fourth-order valence-corrected chi connectivity index (χ4v) is 4.13. The summed E-state index contributed by atoms with van der Waals surface area (Å²) in [5.41, 5.74) is 1.60. The first kappa shape index (κ1) is 21.2. The number of rotatable bonds is 4. The zero-order valence-corrected chi connectivity index (χ0v) is 18.8. The van der Waals surface area contributed by atoms with Crippen LogP contribution in [-0.4, -0.2) is 43.6 Å². The van der Waals surface area contributed by atoms with E-state index in [1.165, 1.54) is 6.33 Å². The van der Waals surface area contributed by atoms with Gasteiger partial charge >= 0.3 is 6.09 Å². The molecule has 4 aromatic rings. The highest BCUT2D eigenvalue weighted by molar-refractivity contribution is 6.30. The molecule has 4 heterocycles. The maximum Gasteiger partial charge on any atom is 0.415 e. The Bertz CT molecular complexity index is 1280. The Labute approximate surface area is 195 Å². The van der Waals surface area contributed by atoms with Crippen LogP contribution in [0.2, 0.25) is 5.02 Å². The molecule has 0 saturated carbocycles. The van der Waals surface area contributed by atoms with Crippen LogP contribution in [0.4, 0.5) is 4.79 Å². The van der Waals surface area contributed by atoms with Crippen LogP contribution in [0.25, 0.3) is 11.0 Å². The molecule has 168 valence electrons. The number of pyridine rings is 1. The Hall–Kier alpha value is -3.65. The lowest BCUT2D eigenvalue weighted by Crippen LogP contribution is -2.40. The second-order valence-electron chi connectivity index (χ2n) is 7.87. The highest BCUT2D eigenvalue weighted by atomic mass is 35.5. The molecule has 0 bridgehead atoms. The van der Waals surface area contributed by atoms with Crippen LogP contribution < -0.4 is 9.47 Å². The van der Waals surface area contributed by atoms with Gasteiger partial charge in [0.1, 0.15) is 17.7 Å². The summed E-state index contributed by atoms with van der Waals surface area (Å²) in [4.78, 5) is 27.3. The molecule has 0 aliphatic carbocycles. The zero-order chi connectivity index (χ0) is 22.8. The first-order valence-electron chi connectivity index (χ1n) is 10.7. The van der Waals surface area contributed by atoms with Crippen LogP contribution in [0.5, 0.6) is 17.4 Å². The van der Waals surface area contributed by atoms with Gasteiger partial charge in [-0.15, -0.1) is 0 Å². The lowest BCUT2D eigenvalue weighted by Gasteiger charge is -2.32. The van der Waals surface area contributed by atoms with E-state index < -0.39 is 0 Å². The van der Waals surface area contributed by atoms with Gasteiger partial charge in [0.15, 0.2) is 5.75 Å². The van der Waals surface area contributed by atoms with Crippen molar-refractivity contribution in [3.05, 3.63) is 71.9 Å². The quantitative estimate of drug-likeness (QED) is 0.402. The van der Waals surface area contributed by atoms with E-state index in [0.29, 0.717) is 35.5 Å². The second kappa shape index (κ2) is 9.07. The van der Waals surface area contributed by atoms with Gasteiger partial charge in [0.05, 0.1) is 11.1 Å². The number of carbonyl (C=O) groups excluding carboxylic acids is 1. The summed E-state index contributed by atoms with van der Waals surface area (Å²) in [6, 6.07) is 12.6. The molecule has 1 amide bonds. The van der Waals surface area contributed by atoms with Crippen molar-refractivity contribution < 1.29 is 14.3 Å². The number of hydrogen-bond donors (Lipinski definition) is 0. The van der Waals surface area contributed by atoms with E-state index in [-0.39, 0.29) is 12.1 Å². The predicted octanol–water partition coefficient (Wildman–Crippen LogP) is 5.42. The smallest absolute Gasteiger partial charge is 0.415 e. The molecule has 0 atom stereocenters. The number of likely N-dealkylation sites (tertiary alicyclic amines) is 1. The Kier molecular flexibility index (Phi) is 5.83. The van der Waals surface area contributed by atoms with Crippen molar-refractivity contribution in [1.82, 2.24) is 24.4 Å². The van der Waals surface area contributed by atoms with Crippen molar-refractivity contribution in [2.75, 3.05) is 13.1 Å². The average Bonchev–Trinajstić information content (AvgIpc) is 3.27. The lowest BCUT2D eigenvalue weighted by atomic mass is 10.1. The molecular weight excluding hydrogens is 442 g/mol. The highest BCUT2D eigenvalue weighted by Crippen LogP contribution is 2.32. The van der Waals surface area contributed by atoms with Crippen molar-refractivity contribution in [2.24, 2.45) is 0 Å². The number of piperidine rings is 1. The minimum Gasteiger partial charge on any atom is -0.436 e. The molecule has 8 nitrogen and oxygen atoms in total. The number of halogens is 1. The zero-order valence-electron chi connectivity index (χ0n) is 18.0. The molecule has 5 rings (SSSR count). The summed E-state index contributed by atoms with van der Waals surface area (Å²) >= 11 is 5.89. The van der Waals surface area contributed by atoms with E-state index >= 15 is 0 Å². The minimum atomic E-state index is -0.349. The van der Waals surface area contributed by atoms with E-state index in [4.69, 9.17) is 21.1 Å². The van der Waals surface area contributed by atoms with E-state index in [0.717, 1.165) is 29.6 Å². The van der Waals surface area contributed by atoms with Gasteiger partial charge in [0.25, 0.3) is 0 Å². The summed E-state index contributed by atoms with van der Waals surface area (Å²) < 4.78 is 13.6. The standard InChI is InChI=1S/C24H22ClN5O3/c1-16-21(3-2-11-26-16)33-23-20-10-14-30(22(20)27-15-28-23)18-8-12-29(13-9-18)24(31)32-19-6-4-17(25)5-7-19/h2-7,10-11,14-15,18H,8-9,12-13H2,1H3. The molecular formula is C24H22ClN5O3. The predicted molar refractivity (Wildman–Crippen MR) is 124 cm³/mol. The number of benzene rings is 1. The number of carbonyl (C=O) groups is 1. The van der Waals surface area contributed by atoms with Gasteiger partial charge in [0, 0.05) is 36.5 Å². The molecule has 0 unspecified atom stereocenters. The molecule has 0 N–H and O–H groups in total. The molecule has 9 heteroatoms. The number of ether oxygens (including phenoxy) is 2. The van der Waals surface area contributed by atoms with Gasteiger partial charge in [-0.05, 0) is 62.2 Å². The third-order valence-corrected chi connectivity index (χ3v) is 6.02. The van der Waals surface area contributed by atoms with E-state index in [1.807, 2.05) is 31.3 Å². The van der Waals surface area contributed by atoms with Crippen LogP contribution in [0, 0.1) is 6.92 Å². The Morgan fingerprint density at radius 2 is 1.85 bits per heavy atom. The van der Waals surface area contributed by atoms with Gasteiger partial charge in [-0.25, -0.2) is 14.8 Å². The van der Waals surface area contributed by atoms with Crippen LogP contribution in [0.15, 0.2) is 61.2 Å². The lowest BCUT2D eigenvalue weighted by molar-refractivity contribution is 0.132. The normalized spacial score (nSPS) is 14.4. The molecule has 1 fully saturated rings. The molecule has 1 aromatic carbocycles. The van der Waals surface area contributed by atoms with Crippen LogP contribution in [0.1, 0.15) is 24.6 Å². The SMILES string of the molecule is Cc1ncccc1Oc1ncnc2c1ccn2C1CCN(C(=O)Oc2ccc(Cl)cc2)CC1. The van der Waals surface area contributed by atoms with Crippen molar-refractivity contribution in [3.8, 4) is 17.4 Å². The monoisotopic (exact) mass is 463 g/mol. The first-order valence-corrected chi connectivity index (χ1v) is 11.1. The minimum absolute atomic E-state index is 0.213. The Balaban J connectivity index is 1.27. The van der Waals surface area contributed by atoms with Gasteiger partial charge in [0.2, 0.25) is 5.88 Å². The Morgan fingerprint density at radius 3 is 2.61 bits per heavy atom. The molecule has 0 radical (unpaired) electrons. The van der Waals surface area contributed by atoms with Crippen molar-refractivity contribution in [1.29, 1.82) is 0 Å². The molecule has 0 spiro atoms. The number of hydrogen-bond acceptors (Lipinski definition) is 6.